The van der Waals surface area contributed by atoms with Gasteiger partial charge in [0.15, 0.2) is 0 Å². The molecule has 0 heterocycles. The van der Waals surface area contributed by atoms with E-state index >= 15 is 0 Å². The Balaban J connectivity index is 1.51. The lowest BCUT2D eigenvalue weighted by Crippen LogP contribution is -2.29. The highest BCUT2D eigenvalue weighted by Gasteiger charge is 2.31. The molecule has 0 saturated heterocycles. The van der Waals surface area contributed by atoms with Crippen molar-refractivity contribution in [3.8, 4) is 17.2 Å². The van der Waals surface area contributed by atoms with Gasteiger partial charge in [-0.05, 0) is 69.0 Å². The molecule has 0 amide bonds. The van der Waals surface area contributed by atoms with Crippen LogP contribution in [0.3, 0.4) is 0 Å². The summed E-state index contributed by atoms with van der Waals surface area (Å²) in [6.45, 7) is 2.02. The van der Waals surface area contributed by atoms with E-state index in [2.05, 4.69) is 0 Å². The number of esters is 2. The Morgan fingerprint density at radius 2 is 1.19 bits per heavy atom. The van der Waals surface area contributed by atoms with Gasteiger partial charge in [-0.3, -0.25) is 9.59 Å². The maximum atomic E-state index is 12.4. The van der Waals surface area contributed by atoms with Crippen LogP contribution in [0, 0.1) is 18.8 Å². The highest BCUT2D eigenvalue weighted by Crippen LogP contribution is 2.31. The number of hydrogen-bond donors (Lipinski definition) is 0. The summed E-state index contributed by atoms with van der Waals surface area (Å²) >= 11 is 0. The summed E-state index contributed by atoms with van der Waals surface area (Å²) in [5.74, 6) is 1.22. The summed E-state index contributed by atoms with van der Waals surface area (Å²) in [6.07, 6.45) is 2.62. The summed E-state index contributed by atoms with van der Waals surface area (Å²) in [6, 6.07) is 14.8. The van der Waals surface area contributed by atoms with Gasteiger partial charge in [-0.1, -0.05) is 17.7 Å². The Morgan fingerprint density at radius 3 is 1.70 bits per heavy atom. The van der Waals surface area contributed by atoms with E-state index in [0.717, 1.165) is 5.75 Å². The lowest BCUT2D eigenvalue weighted by atomic mass is 9.82. The Hall–Kier alpha value is -2.82. The van der Waals surface area contributed by atoms with Gasteiger partial charge in [0, 0.05) is 0 Å². The minimum atomic E-state index is -0.245. The first kappa shape index (κ1) is 19.0. The van der Waals surface area contributed by atoms with Gasteiger partial charge in [0.1, 0.15) is 17.2 Å². The molecule has 27 heavy (non-hydrogen) atoms. The quantitative estimate of drug-likeness (QED) is 0.567. The van der Waals surface area contributed by atoms with Crippen molar-refractivity contribution < 1.29 is 23.8 Å². The fourth-order valence-corrected chi connectivity index (χ4v) is 3.25. The lowest BCUT2D eigenvalue weighted by Gasteiger charge is -2.25. The number of carbonyl (C=O) groups is 2. The van der Waals surface area contributed by atoms with E-state index in [1.54, 1.807) is 24.3 Å². The zero-order valence-corrected chi connectivity index (χ0v) is 15.6. The maximum Gasteiger partial charge on any atom is 0.314 e. The molecular weight excluding hydrogens is 344 g/mol. The number of ether oxygens (including phenoxy) is 3. The van der Waals surface area contributed by atoms with Crippen molar-refractivity contribution in [1.29, 1.82) is 0 Å². The molecule has 1 saturated carbocycles. The standard InChI is InChI=1S/C22H24O5/c1-15-3-9-18(10-4-15)26-19-11-13-20(14-12-19)27-22(24)17-7-5-16(6-8-17)21(23)25-2/h3-4,9-14,16-17H,5-8H2,1-2H3. The Morgan fingerprint density at radius 1 is 0.741 bits per heavy atom. The third kappa shape index (κ3) is 5.09. The molecule has 1 fully saturated rings. The Kier molecular flexibility index (Phi) is 6.12. The third-order valence-electron chi connectivity index (χ3n) is 4.89. The van der Waals surface area contributed by atoms with E-state index in [-0.39, 0.29) is 23.8 Å². The van der Waals surface area contributed by atoms with Crippen LogP contribution in [0.5, 0.6) is 17.2 Å². The molecule has 1 aliphatic carbocycles. The molecule has 5 heteroatoms. The van der Waals surface area contributed by atoms with Crippen LogP contribution in [-0.4, -0.2) is 19.0 Å². The largest absolute Gasteiger partial charge is 0.469 e. The van der Waals surface area contributed by atoms with Crippen LogP contribution in [-0.2, 0) is 14.3 Å². The number of rotatable bonds is 5. The molecule has 5 nitrogen and oxygen atoms in total. The van der Waals surface area contributed by atoms with Crippen LogP contribution in [0.4, 0.5) is 0 Å². The van der Waals surface area contributed by atoms with Gasteiger partial charge >= 0.3 is 11.9 Å². The molecule has 142 valence electrons. The predicted molar refractivity (Wildman–Crippen MR) is 101 cm³/mol. The smallest absolute Gasteiger partial charge is 0.314 e. The number of hydrogen-bond acceptors (Lipinski definition) is 5. The normalized spacial score (nSPS) is 19.2. The van der Waals surface area contributed by atoms with Crippen molar-refractivity contribution >= 4 is 11.9 Å². The van der Waals surface area contributed by atoms with Crippen molar-refractivity contribution in [2.45, 2.75) is 32.6 Å². The van der Waals surface area contributed by atoms with Crippen LogP contribution in [0.25, 0.3) is 0 Å². The van der Waals surface area contributed by atoms with Crippen molar-refractivity contribution in [1.82, 2.24) is 0 Å². The molecule has 2 aromatic rings. The second-order valence-corrected chi connectivity index (χ2v) is 6.88. The van der Waals surface area contributed by atoms with E-state index in [9.17, 15) is 9.59 Å². The molecule has 2 aromatic carbocycles. The second-order valence-electron chi connectivity index (χ2n) is 6.88. The second kappa shape index (κ2) is 8.71. The fourth-order valence-electron chi connectivity index (χ4n) is 3.25. The van der Waals surface area contributed by atoms with Gasteiger partial charge in [-0.2, -0.15) is 0 Å². The van der Waals surface area contributed by atoms with Gasteiger partial charge in [0.2, 0.25) is 0 Å². The number of aryl methyl sites for hydroxylation is 1. The number of carbonyl (C=O) groups excluding carboxylic acids is 2. The molecule has 0 aliphatic heterocycles. The monoisotopic (exact) mass is 368 g/mol. The summed E-state index contributed by atoms with van der Waals surface area (Å²) in [5.41, 5.74) is 1.17. The highest BCUT2D eigenvalue weighted by atomic mass is 16.5. The zero-order valence-electron chi connectivity index (χ0n) is 15.6. The van der Waals surface area contributed by atoms with Gasteiger partial charge < -0.3 is 14.2 Å². The van der Waals surface area contributed by atoms with Gasteiger partial charge in [0.05, 0.1) is 18.9 Å². The molecule has 0 aromatic heterocycles. The van der Waals surface area contributed by atoms with E-state index in [1.165, 1.54) is 12.7 Å². The van der Waals surface area contributed by atoms with Gasteiger partial charge in [-0.15, -0.1) is 0 Å². The lowest BCUT2D eigenvalue weighted by molar-refractivity contribution is -0.149. The molecule has 0 unspecified atom stereocenters. The van der Waals surface area contributed by atoms with Crippen LogP contribution in [0.1, 0.15) is 31.2 Å². The average molecular weight is 368 g/mol. The molecule has 0 radical (unpaired) electrons. The van der Waals surface area contributed by atoms with Crippen molar-refractivity contribution in [3.05, 3.63) is 54.1 Å². The number of methoxy groups -OCH3 is 1. The Labute approximate surface area is 159 Å². The summed E-state index contributed by atoms with van der Waals surface area (Å²) in [7, 11) is 1.40. The van der Waals surface area contributed by atoms with E-state index < -0.39 is 0 Å². The van der Waals surface area contributed by atoms with Crippen LogP contribution in [0.2, 0.25) is 0 Å². The summed E-state index contributed by atoms with van der Waals surface area (Å²) in [5, 5.41) is 0. The van der Waals surface area contributed by atoms with Gasteiger partial charge in [0.25, 0.3) is 0 Å². The zero-order chi connectivity index (χ0) is 19.2. The molecule has 1 aliphatic rings. The summed E-state index contributed by atoms with van der Waals surface area (Å²) in [4.78, 5) is 23.9. The van der Waals surface area contributed by atoms with E-state index in [1.807, 2.05) is 31.2 Å². The molecule has 0 spiro atoms. The Bertz CT molecular complexity index is 771. The predicted octanol–water partition coefficient (Wildman–Crippen LogP) is 4.67. The molecule has 0 N–H and O–H groups in total. The first-order chi connectivity index (χ1) is 13.0. The topological polar surface area (TPSA) is 61.8 Å². The van der Waals surface area contributed by atoms with Crippen LogP contribution < -0.4 is 9.47 Å². The minimum Gasteiger partial charge on any atom is -0.469 e. The first-order valence-electron chi connectivity index (χ1n) is 9.19. The molecular formula is C22H24O5. The third-order valence-corrected chi connectivity index (χ3v) is 4.89. The van der Waals surface area contributed by atoms with Gasteiger partial charge in [-0.25, -0.2) is 0 Å². The fraction of sp³-hybridized carbons (Fsp3) is 0.364. The first-order valence-corrected chi connectivity index (χ1v) is 9.19. The van der Waals surface area contributed by atoms with E-state index in [0.29, 0.717) is 37.2 Å². The van der Waals surface area contributed by atoms with E-state index in [4.69, 9.17) is 14.2 Å². The van der Waals surface area contributed by atoms with Crippen molar-refractivity contribution in [2.75, 3.05) is 7.11 Å². The number of benzene rings is 2. The highest BCUT2D eigenvalue weighted by molar-refractivity contribution is 5.76. The SMILES string of the molecule is COC(=O)C1CCC(C(=O)Oc2ccc(Oc3ccc(C)cc3)cc2)CC1. The summed E-state index contributed by atoms with van der Waals surface area (Å²) < 4.78 is 16.0. The van der Waals surface area contributed by atoms with Crippen molar-refractivity contribution in [2.24, 2.45) is 11.8 Å². The van der Waals surface area contributed by atoms with Crippen molar-refractivity contribution in [3.63, 3.8) is 0 Å². The van der Waals surface area contributed by atoms with Crippen LogP contribution >= 0.6 is 0 Å². The van der Waals surface area contributed by atoms with Crippen LogP contribution in [0.15, 0.2) is 48.5 Å². The minimum absolute atomic E-state index is 0.0998. The molecule has 0 bridgehead atoms. The average Bonchev–Trinajstić information content (AvgIpc) is 2.70. The maximum absolute atomic E-state index is 12.4. The molecule has 3 rings (SSSR count). The molecule has 0 atom stereocenters.